The van der Waals surface area contributed by atoms with Crippen molar-refractivity contribution in [3.63, 3.8) is 0 Å². The van der Waals surface area contributed by atoms with Crippen molar-refractivity contribution in [3.8, 4) is 22.6 Å². The number of hydrogen-bond acceptors (Lipinski definition) is 6. The lowest BCUT2D eigenvalue weighted by atomic mass is 10.0. The van der Waals surface area contributed by atoms with Crippen molar-refractivity contribution < 1.29 is 28.9 Å². The molecule has 1 N–H and O–H groups in total. The molecule has 1 aliphatic rings. The summed E-state index contributed by atoms with van der Waals surface area (Å²) in [6.45, 7) is 2.95. The summed E-state index contributed by atoms with van der Waals surface area (Å²) in [4.78, 5) is 24.1. The van der Waals surface area contributed by atoms with Gasteiger partial charge in [0.05, 0.1) is 7.11 Å². The highest BCUT2D eigenvalue weighted by Gasteiger charge is 2.38. The Morgan fingerprint density at radius 3 is 2.12 bits per heavy atom. The summed E-state index contributed by atoms with van der Waals surface area (Å²) in [5, 5.41) is 10.1. The normalized spacial score (nSPS) is 15.9. The highest BCUT2D eigenvalue weighted by Crippen LogP contribution is 2.30. The molecule has 1 aliphatic heterocycles. The van der Waals surface area contributed by atoms with Crippen molar-refractivity contribution in [2.75, 3.05) is 7.11 Å². The van der Waals surface area contributed by atoms with Crippen LogP contribution in [-0.4, -0.2) is 29.9 Å². The molecule has 0 aliphatic carbocycles. The fraction of sp³-hybridized carbons (Fsp3) is 0.200. The zero-order valence-corrected chi connectivity index (χ0v) is 14.6. The number of cyclic esters (lactones) is 2. The number of benzene rings is 2. The Bertz CT molecular complexity index is 871. The van der Waals surface area contributed by atoms with E-state index < -0.39 is 17.7 Å². The van der Waals surface area contributed by atoms with E-state index in [-0.39, 0.29) is 11.3 Å². The third kappa shape index (κ3) is 3.54. The molecule has 2 aromatic rings. The van der Waals surface area contributed by atoms with Gasteiger partial charge in [-0.05, 0) is 41.5 Å². The molecule has 0 unspecified atom stereocenters. The van der Waals surface area contributed by atoms with Crippen LogP contribution in [0.15, 0.2) is 48.0 Å². The van der Waals surface area contributed by atoms with Crippen LogP contribution >= 0.6 is 0 Å². The molecular weight excluding hydrogens is 336 g/mol. The number of phenolic OH excluding ortho intramolecular Hbond substituents is 1. The number of methoxy groups -OCH3 is 1. The Hall–Kier alpha value is -3.28. The summed E-state index contributed by atoms with van der Waals surface area (Å²) < 4.78 is 15.3. The molecule has 0 amide bonds. The molecule has 2 aromatic carbocycles. The Kier molecular flexibility index (Phi) is 4.42. The van der Waals surface area contributed by atoms with Crippen molar-refractivity contribution in [2.24, 2.45) is 0 Å². The highest BCUT2D eigenvalue weighted by molar-refractivity contribution is 6.19. The standard InChI is InChI=1S/C20H18O6/c1-20(2)25-18(22)16(19(23)26-20)11-14-10-13(6-9-17(14)21)12-4-7-15(24-3)8-5-12/h4-11,21H,1-3H3. The molecule has 0 spiro atoms. The van der Waals surface area contributed by atoms with E-state index in [1.807, 2.05) is 24.3 Å². The van der Waals surface area contributed by atoms with Crippen LogP contribution in [0.5, 0.6) is 11.5 Å². The summed E-state index contributed by atoms with van der Waals surface area (Å²) >= 11 is 0. The number of ether oxygens (including phenoxy) is 3. The molecule has 0 radical (unpaired) electrons. The van der Waals surface area contributed by atoms with Crippen LogP contribution in [0, 0.1) is 0 Å². The minimum absolute atomic E-state index is 0.0693. The van der Waals surface area contributed by atoms with Gasteiger partial charge < -0.3 is 19.3 Å². The molecule has 1 heterocycles. The van der Waals surface area contributed by atoms with Crippen molar-refractivity contribution in [2.45, 2.75) is 19.6 Å². The number of hydrogen-bond donors (Lipinski definition) is 1. The number of phenols is 1. The molecule has 6 heteroatoms. The van der Waals surface area contributed by atoms with Gasteiger partial charge in [-0.2, -0.15) is 0 Å². The highest BCUT2D eigenvalue weighted by atomic mass is 16.7. The Morgan fingerprint density at radius 2 is 1.54 bits per heavy atom. The van der Waals surface area contributed by atoms with Crippen LogP contribution in [0.3, 0.4) is 0 Å². The van der Waals surface area contributed by atoms with Gasteiger partial charge in [-0.15, -0.1) is 0 Å². The lowest BCUT2D eigenvalue weighted by molar-refractivity contribution is -0.222. The molecule has 6 nitrogen and oxygen atoms in total. The van der Waals surface area contributed by atoms with Crippen LogP contribution in [0.25, 0.3) is 17.2 Å². The van der Waals surface area contributed by atoms with Gasteiger partial charge in [-0.25, -0.2) is 9.59 Å². The quantitative estimate of drug-likeness (QED) is 0.517. The van der Waals surface area contributed by atoms with E-state index in [4.69, 9.17) is 14.2 Å². The van der Waals surface area contributed by atoms with E-state index in [0.29, 0.717) is 5.56 Å². The first-order valence-corrected chi connectivity index (χ1v) is 7.95. The average molecular weight is 354 g/mol. The number of carbonyl (C=O) groups is 2. The summed E-state index contributed by atoms with van der Waals surface area (Å²) in [7, 11) is 1.59. The lowest BCUT2D eigenvalue weighted by Gasteiger charge is -2.29. The first kappa shape index (κ1) is 17.5. The largest absolute Gasteiger partial charge is 0.507 e. The average Bonchev–Trinajstić information content (AvgIpc) is 2.59. The maximum absolute atomic E-state index is 12.1. The van der Waals surface area contributed by atoms with E-state index in [1.54, 1.807) is 19.2 Å². The van der Waals surface area contributed by atoms with Gasteiger partial charge in [0.15, 0.2) is 0 Å². The van der Waals surface area contributed by atoms with E-state index in [2.05, 4.69) is 0 Å². The van der Waals surface area contributed by atoms with Crippen LogP contribution in [0.1, 0.15) is 19.4 Å². The summed E-state index contributed by atoms with van der Waals surface area (Å²) in [6.07, 6.45) is 1.27. The van der Waals surface area contributed by atoms with Crippen molar-refractivity contribution >= 4 is 18.0 Å². The minimum atomic E-state index is -1.31. The first-order valence-electron chi connectivity index (χ1n) is 7.95. The van der Waals surface area contributed by atoms with Gasteiger partial charge in [0.2, 0.25) is 0 Å². The summed E-state index contributed by atoms with van der Waals surface area (Å²) in [5.41, 5.74) is 1.73. The monoisotopic (exact) mass is 354 g/mol. The maximum atomic E-state index is 12.1. The molecule has 1 saturated heterocycles. The lowest BCUT2D eigenvalue weighted by Crippen LogP contribution is -2.41. The maximum Gasteiger partial charge on any atom is 0.348 e. The van der Waals surface area contributed by atoms with Gasteiger partial charge in [0.1, 0.15) is 17.1 Å². The molecule has 0 saturated carbocycles. The summed E-state index contributed by atoms with van der Waals surface area (Å²) in [6, 6.07) is 12.3. The van der Waals surface area contributed by atoms with E-state index in [9.17, 15) is 14.7 Å². The number of carbonyl (C=O) groups excluding carboxylic acids is 2. The first-order chi connectivity index (χ1) is 12.3. The van der Waals surface area contributed by atoms with Crippen LogP contribution in [-0.2, 0) is 19.1 Å². The van der Waals surface area contributed by atoms with Crippen molar-refractivity contribution in [1.29, 1.82) is 0 Å². The van der Waals surface area contributed by atoms with E-state index in [0.717, 1.165) is 16.9 Å². The fourth-order valence-electron chi connectivity index (χ4n) is 2.57. The summed E-state index contributed by atoms with van der Waals surface area (Å²) in [5.74, 6) is -2.23. The molecule has 0 aromatic heterocycles. The smallest absolute Gasteiger partial charge is 0.348 e. The van der Waals surface area contributed by atoms with Gasteiger partial charge >= 0.3 is 11.9 Å². The van der Waals surface area contributed by atoms with E-state index >= 15 is 0 Å². The third-order valence-electron chi connectivity index (χ3n) is 3.87. The number of aromatic hydroxyl groups is 1. The van der Waals surface area contributed by atoms with Crippen LogP contribution in [0.2, 0.25) is 0 Å². The molecule has 26 heavy (non-hydrogen) atoms. The third-order valence-corrected chi connectivity index (χ3v) is 3.87. The fourth-order valence-corrected chi connectivity index (χ4v) is 2.57. The van der Waals surface area contributed by atoms with E-state index in [1.165, 1.54) is 26.0 Å². The predicted octanol–water partition coefficient (Wildman–Crippen LogP) is 3.29. The Balaban J connectivity index is 1.97. The second kappa shape index (κ2) is 6.55. The predicted molar refractivity (Wildman–Crippen MR) is 94.3 cm³/mol. The molecule has 134 valence electrons. The van der Waals surface area contributed by atoms with Crippen molar-refractivity contribution in [1.82, 2.24) is 0 Å². The molecule has 0 atom stereocenters. The Morgan fingerprint density at radius 1 is 0.962 bits per heavy atom. The second-order valence-corrected chi connectivity index (χ2v) is 6.24. The minimum Gasteiger partial charge on any atom is -0.507 e. The van der Waals surface area contributed by atoms with Gasteiger partial charge in [-0.1, -0.05) is 18.2 Å². The van der Waals surface area contributed by atoms with Gasteiger partial charge in [0, 0.05) is 19.4 Å². The zero-order chi connectivity index (χ0) is 18.9. The molecule has 0 bridgehead atoms. The zero-order valence-electron chi connectivity index (χ0n) is 14.6. The number of esters is 2. The van der Waals surface area contributed by atoms with Gasteiger partial charge in [-0.3, -0.25) is 0 Å². The van der Waals surface area contributed by atoms with Crippen LogP contribution in [0.4, 0.5) is 0 Å². The van der Waals surface area contributed by atoms with Gasteiger partial charge in [0.25, 0.3) is 5.79 Å². The second-order valence-electron chi connectivity index (χ2n) is 6.24. The van der Waals surface area contributed by atoms with Crippen molar-refractivity contribution in [3.05, 3.63) is 53.6 Å². The van der Waals surface area contributed by atoms with Crippen LogP contribution < -0.4 is 4.74 Å². The Labute approximate surface area is 150 Å². The molecule has 1 fully saturated rings. The topological polar surface area (TPSA) is 82.1 Å². The molecule has 3 rings (SSSR count). The SMILES string of the molecule is COc1ccc(-c2ccc(O)c(C=C3C(=O)OC(C)(C)OC3=O)c2)cc1. The number of rotatable bonds is 3. The molecular formula is C20H18O6.